The molecule has 13 aromatic rings. The average Bonchev–Trinajstić information content (AvgIpc) is 1.54. The number of pyridine rings is 1. The number of benzene rings is 11. The van der Waals surface area contributed by atoms with E-state index in [1.807, 2.05) is 6.20 Å². The summed E-state index contributed by atoms with van der Waals surface area (Å²) in [6.45, 7) is 14.3. The molecular formula is C81H66N4O. The number of para-hydroxylation sites is 3. The lowest BCUT2D eigenvalue weighted by Crippen LogP contribution is -2.29. The summed E-state index contributed by atoms with van der Waals surface area (Å²) < 4.78 is 10.1. The minimum absolute atomic E-state index is 0.0798. The molecule has 0 saturated carbocycles. The third kappa shape index (κ3) is 8.71. The van der Waals surface area contributed by atoms with E-state index in [2.05, 4.69) is 329 Å². The lowest BCUT2D eigenvalue weighted by Gasteiger charge is -2.35. The minimum atomic E-state index is -0.729. The van der Waals surface area contributed by atoms with Crippen LogP contribution in [0.25, 0.3) is 72.1 Å². The van der Waals surface area contributed by atoms with Gasteiger partial charge in [0.25, 0.3) is 0 Å². The van der Waals surface area contributed by atoms with E-state index in [-0.39, 0.29) is 10.8 Å². The Balaban J connectivity index is 0.996. The second-order valence-electron chi connectivity index (χ2n) is 25.1. The van der Waals surface area contributed by atoms with E-state index >= 15 is 0 Å². The third-order valence-electron chi connectivity index (χ3n) is 17.9. The molecule has 2 aromatic heterocycles. The molecule has 0 unspecified atom stereocenters. The van der Waals surface area contributed by atoms with Crippen LogP contribution in [-0.4, -0.2) is 16.2 Å². The molecular weight excluding hydrogens is 1040 g/mol. The van der Waals surface area contributed by atoms with Gasteiger partial charge in [-0.15, -0.1) is 0 Å². The molecule has 3 heterocycles. The topological polar surface area (TPSA) is 33.5 Å². The van der Waals surface area contributed by atoms with Crippen LogP contribution in [0.2, 0.25) is 0 Å². The zero-order chi connectivity index (χ0) is 58.3. The fourth-order valence-electron chi connectivity index (χ4n) is 13.7. The van der Waals surface area contributed by atoms with Crippen molar-refractivity contribution < 1.29 is 4.74 Å². The molecule has 5 heteroatoms. The number of aromatic nitrogens is 2. The van der Waals surface area contributed by atoms with Gasteiger partial charge < -0.3 is 14.5 Å². The van der Waals surface area contributed by atoms with E-state index in [1.54, 1.807) is 0 Å². The van der Waals surface area contributed by atoms with Crippen molar-refractivity contribution in [2.24, 2.45) is 0 Å². The first-order chi connectivity index (χ1) is 41.9. The lowest BCUT2D eigenvalue weighted by molar-refractivity contribution is 0.483. The van der Waals surface area contributed by atoms with Crippen LogP contribution >= 0.6 is 0 Å². The van der Waals surface area contributed by atoms with Gasteiger partial charge in [0.05, 0.1) is 33.5 Å². The quantitative estimate of drug-likeness (QED) is 0.137. The monoisotopic (exact) mass is 1110 g/mol. The zero-order valence-electron chi connectivity index (χ0n) is 49.5. The molecule has 0 spiro atoms. The summed E-state index contributed by atoms with van der Waals surface area (Å²) in [7, 11) is 0. The maximum Gasteiger partial charge on any atom is 0.137 e. The molecule has 11 aromatic carbocycles. The Labute approximate surface area is 504 Å². The second kappa shape index (κ2) is 20.5. The van der Waals surface area contributed by atoms with E-state index < -0.39 is 5.41 Å². The molecule has 15 rings (SSSR count). The number of fused-ring (bicyclic) bond motifs is 7. The van der Waals surface area contributed by atoms with Gasteiger partial charge >= 0.3 is 0 Å². The van der Waals surface area contributed by atoms with Crippen molar-refractivity contribution >= 4 is 44.6 Å². The van der Waals surface area contributed by atoms with Gasteiger partial charge in [0, 0.05) is 51.5 Å². The van der Waals surface area contributed by atoms with Crippen LogP contribution < -0.4 is 14.5 Å². The van der Waals surface area contributed by atoms with Gasteiger partial charge in [0.1, 0.15) is 24.0 Å². The summed E-state index contributed by atoms with van der Waals surface area (Å²) in [5.74, 6) is 2.33. The molecule has 0 radical (unpaired) electrons. The summed E-state index contributed by atoms with van der Waals surface area (Å²) in [6, 6.07) is 100. The van der Waals surface area contributed by atoms with Crippen molar-refractivity contribution in [1.82, 2.24) is 9.55 Å². The van der Waals surface area contributed by atoms with Gasteiger partial charge in [-0.05, 0) is 133 Å². The van der Waals surface area contributed by atoms with Crippen LogP contribution in [0.1, 0.15) is 74.9 Å². The standard InChI is InChI=1S/C81H66N4O/c1-79(2,3)58-43-44-82-77(49-58)85-72-40-24-21-37-65(72)69-51-66(54-27-11-7-12-28-54)76(52-75(69)85)86-62-46-60(81(57-33-17-10-18-34-57)70-38-22-19-35-63(70)64-36-20-23-39-71(64)81)45-61(50-62)83-53-84(74-42-26-25-41-73(74)83)78-67(55-29-13-8-14-30-55)47-59(80(4,5)6)48-68(78)56-31-15-9-16-32-56/h7-52H,53H2,1-6H3. The Morgan fingerprint density at radius 1 is 0.395 bits per heavy atom. The van der Waals surface area contributed by atoms with E-state index in [1.165, 1.54) is 61.2 Å². The van der Waals surface area contributed by atoms with Crippen LogP contribution in [0, 0.1) is 0 Å². The molecule has 1 aliphatic carbocycles. The van der Waals surface area contributed by atoms with Crippen molar-refractivity contribution in [2.75, 3.05) is 16.5 Å². The van der Waals surface area contributed by atoms with Crippen molar-refractivity contribution in [3.05, 3.63) is 313 Å². The first-order valence-electron chi connectivity index (χ1n) is 30.0. The molecule has 0 bridgehead atoms. The third-order valence-corrected chi connectivity index (χ3v) is 17.9. The molecule has 0 atom stereocenters. The Bertz CT molecular complexity index is 4620. The Morgan fingerprint density at radius 3 is 1.52 bits per heavy atom. The van der Waals surface area contributed by atoms with Gasteiger partial charge in [-0.1, -0.05) is 242 Å². The van der Waals surface area contributed by atoms with Crippen molar-refractivity contribution in [1.29, 1.82) is 0 Å². The normalized spacial score (nSPS) is 13.5. The molecule has 0 amide bonds. The number of anilines is 4. The molecule has 416 valence electrons. The largest absolute Gasteiger partial charge is 0.457 e. The Kier molecular flexibility index (Phi) is 12.6. The van der Waals surface area contributed by atoms with E-state index in [9.17, 15) is 0 Å². The van der Waals surface area contributed by atoms with E-state index in [0.29, 0.717) is 6.67 Å². The number of rotatable bonds is 10. The highest BCUT2D eigenvalue weighted by Gasteiger charge is 2.47. The average molecular weight is 1110 g/mol. The Hall–Kier alpha value is -10.2. The lowest BCUT2D eigenvalue weighted by atomic mass is 9.67. The summed E-state index contributed by atoms with van der Waals surface area (Å²) >= 11 is 0. The zero-order valence-corrected chi connectivity index (χ0v) is 49.5. The molecule has 86 heavy (non-hydrogen) atoms. The molecule has 1 aliphatic heterocycles. The molecule has 0 saturated heterocycles. The fourth-order valence-corrected chi connectivity index (χ4v) is 13.7. The maximum atomic E-state index is 7.82. The van der Waals surface area contributed by atoms with Gasteiger partial charge in [0.15, 0.2) is 0 Å². The van der Waals surface area contributed by atoms with Crippen LogP contribution in [0.5, 0.6) is 11.5 Å². The Morgan fingerprint density at radius 2 is 0.919 bits per heavy atom. The van der Waals surface area contributed by atoms with Crippen molar-refractivity contribution in [2.45, 2.75) is 57.8 Å². The van der Waals surface area contributed by atoms with E-state index in [4.69, 9.17) is 9.72 Å². The maximum absolute atomic E-state index is 7.82. The van der Waals surface area contributed by atoms with Gasteiger partial charge in [-0.25, -0.2) is 4.98 Å². The smallest absolute Gasteiger partial charge is 0.137 e. The summed E-state index contributed by atoms with van der Waals surface area (Å²) in [4.78, 5) is 10.2. The van der Waals surface area contributed by atoms with Crippen molar-refractivity contribution in [3.8, 4) is 61.8 Å². The SMILES string of the molecule is CC(C)(C)c1ccnc(-n2c3ccccc3c3cc(-c4ccccc4)c(Oc4cc(N5CN(c6c(-c7ccccc7)cc(C(C)(C)C)cc6-c6ccccc6)c6ccccc65)cc(C5(c6ccccc6)c6ccccc6-c6ccccc65)c4)cc32)c1. The molecule has 0 fully saturated rings. The number of hydrogen-bond acceptors (Lipinski definition) is 4. The van der Waals surface area contributed by atoms with Crippen LogP contribution in [-0.2, 0) is 16.2 Å². The first kappa shape index (κ1) is 52.6. The van der Waals surface area contributed by atoms with Gasteiger partial charge in [-0.2, -0.15) is 0 Å². The fraction of sp³-hybridized carbons (Fsp3) is 0.123. The highest BCUT2D eigenvalue weighted by molar-refractivity contribution is 6.11. The first-order valence-corrected chi connectivity index (χ1v) is 30.0. The van der Waals surface area contributed by atoms with Gasteiger partial charge in [0.2, 0.25) is 0 Å². The second-order valence-corrected chi connectivity index (χ2v) is 25.1. The van der Waals surface area contributed by atoms with Gasteiger partial charge in [-0.3, -0.25) is 4.57 Å². The van der Waals surface area contributed by atoms with Crippen LogP contribution in [0.15, 0.2) is 279 Å². The molecule has 5 nitrogen and oxygen atoms in total. The summed E-state index contributed by atoms with van der Waals surface area (Å²) in [5.41, 5.74) is 22.1. The van der Waals surface area contributed by atoms with Crippen LogP contribution in [0.4, 0.5) is 22.7 Å². The highest BCUT2D eigenvalue weighted by Crippen LogP contribution is 2.59. The summed E-state index contributed by atoms with van der Waals surface area (Å²) in [6.07, 6.45) is 1.95. The number of nitrogens with zero attached hydrogens (tertiary/aromatic N) is 4. The van der Waals surface area contributed by atoms with E-state index in [0.717, 1.165) is 78.6 Å². The minimum Gasteiger partial charge on any atom is -0.457 e. The predicted molar refractivity (Wildman–Crippen MR) is 358 cm³/mol. The summed E-state index contributed by atoms with van der Waals surface area (Å²) in [5, 5.41) is 2.28. The van der Waals surface area contributed by atoms with Crippen molar-refractivity contribution in [3.63, 3.8) is 0 Å². The molecule has 2 aliphatic rings. The molecule has 0 N–H and O–H groups in total. The highest BCUT2D eigenvalue weighted by atomic mass is 16.5. The predicted octanol–water partition coefficient (Wildman–Crippen LogP) is 21.2. The number of ether oxygens (including phenoxy) is 1. The number of hydrogen-bond donors (Lipinski definition) is 0. The van der Waals surface area contributed by atoms with Crippen LogP contribution in [0.3, 0.4) is 0 Å².